The lowest BCUT2D eigenvalue weighted by Gasteiger charge is -2.15. The van der Waals surface area contributed by atoms with Crippen molar-refractivity contribution in [3.05, 3.63) is 77.5 Å². The number of aryl methyl sites for hydroxylation is 1. The summed E-state index contributed by atoms with van der Waals surface area (Å²) in [4.78, 5) is 2.48. The number of fused-ring (bicyclic) bond motifs is 1. The van der Waals surface area contributed by atoms with Gasteiger partial charge in [-0.25, -0.2) is 4.39 Å². The number of methoxy groups -OCH3 is 1. The van der Waals surface area contributed by atoms with E-state index in [1.807, 2.05) is 12.1 Å². The average Bonchev–Trinajstić information content (AvgIpc) is 3.53. The lowest BCUT2D eigenvalue weighted by Crippen LogP contribution is -2.19. The van der Waals surface area contributed by atoms with Crippen molar-refractivity contribution in [3.8, 4) is 11.5 Å². The topological polar surface area (TPSA) is 55.3 Å². The average molecular weight is 435 g/mol. The second-order valence-electron chi connectivity index (χ2n) is 8.41. The van der Waals surface area contributed by atoms with Crippen molar-refractivity contribution < 1.29 is 13.9 Å². The van der Waals surface area contributed by atoms with Crippen molar-refractivity contribution in [1.82, 2.24) is 19.7 Å². The molecule has 1 fully saturated rings. The van der Waals surface area contributed by atoms with Crippen LogP contribution < -0.4 is 9.47 Å². The van der Waals surface area contributed by atoms with E-state index >= 15 is 0 Å². The van der Waals surface area contributed by atoms with E-state index in [9.17, 15) is 4.39 Å². The fraction of sp³-hybridized carbons (Fsp3) is 0.320. The molecule has 0 radical (unpaired) electrons. The molecule has 4 aromatic rings. The Morgan fingerprint density at radius 1 is 1.19 bits per heavy atom. The summed E-state index contributed by atoms with van der Waals surface area (Å²) in [5.41, 5.74) is 4.40. The summed E-state index contributed by atoms with van der Waals surface area (Å²) < 4.78 is 26.9. The number of rotatable bonds is 7. The maximum Gasteiger partial charge on any atom is 0.165 e. The van der Waals surface area contributed by atoms with Crippen LogP contribution >= 0.6 is 0 Å². The number of H-pyrrole nitrogens is 1. The SMILES string of the molecule is COc1ccc2c(CN3CC[C@H](c4cc(COc5ccccc5F)[nH]n4)C3)cn(C)c2c1. The number of likely N-dealkylation sites (tertiary alicyclic amines) is 1. The summed E-state index contributed by atoms with van der Waals surface area (Å²) in [6, 6.07) is 14.7. The number of halogens is 1. The first-order valence-corrected chi connectivity index (χ1v) is 10.9. The number of hydrogen-bond acceptors (Lipinski definition) is 4. The van der Waals surface area contributed by atoms with Gasteiger partial charge in [0.1, 0.15) is 12.4 Å². The molecule has 166 valence electrons. The summed E-state index contributed by atoms with van der Waals surface area (Å²) >= 11 is 0. The first-order chi connectivity index (χ1) is 15.6. The van der Waals surface area contributed by atoms with Crippen molar-refractivity contribution in [2.24, 2.45) is 7.05 Å². The summed E-state index contributed by atoms with van der Waals surface area (Å²) in [7, 11) is 3.77. The first-order valence-electron chi connectivity index (χ1n) is 10.9. The third kappa shape index (κ3) is 4.08. The predicted molar refractivity (Wildman–Crippen MR) is 121 cm³/mol. The summed E-state index contributed by atoms with van der Waals surface area (Å²) in [6.07, 6.45) is 3.28. The van der Waals surface area contributed by atoms with E-state index in [0.29, 0.717) is 5.92 Å². The Morgan fingerprint density at radius 3 is 2.91 bits per heavy atom. The highest BCUT2D eigenvalue weighted by molar-refractivity contribution is 5.85. The van der Waals surface area contributed by atoms with Gasteiger partial charge in [0, 0.05) is 43.7 Å². The Morgan fingerprint density at radius 2 is 2.06 bits per heavy atom. The molecule has 0 bridgehead atoms. The molecule has 2 aromatic carbocycles. The van der Waals surface area contributed by atoms with Crippen LogP contribution in [0.25, 0.3) is 10.9 Å². The fourth-order valence-electron chi connectivity index (χ4n) is 4.54. The van der Waals surface area contributed by atoms with Crippen LogP contribution in [0.2, 0.25) is 0 Å². The summed E-state index contributed by atoms with van der Waals surface area (Å²) in [5.74, 6) is 1.15. The lowest BCUT2D eigenvalue weighted by atomic mass is 10.1. The number of para-hydroxylation sites is 1. The molecule has 0 unspecified atom stereocenters. The molecule has 1 aliphatic rings. The number of ether oxygens (including phenoxy) is 2. The third-order valence-corrected chi connectivity index (χ3v) is 6.24. The van der Waals surface area contributed by atoms with Crippen LogP contribution in [0.5, 0.6) is 11.5 Å². The van der Waals surface area contributed by atoms with E-state index in [-0.39, 0.29) is 18.2 Å². The zero-order chi connectivity index (χ0) is 22.1. The number of nitrogens with one attached hydrogen (secondary N) is 1. The lowest BCUT2D eigenvalue weighted by molar-refractivity contribution is 0.286. The molecule has 6 nitrogen and oxygen atoms in total. The van der Waals surface area contributed by atoms with Crippen LogP contribution in [0.3, 0.4) is 0 Å². The van der Waals surface area contributed by atoms with Gasteiger partial charge in [0.25, 0.3) is 0 Å². The van der Waals surface area contributed by atoms with Crippen molar-refractivity contribution >= 4 is 10.9 Å². The maximum atomic E-state index is 13.7. The number of aromatic amines is 1. The molecule has 2 aromatic heterocycles. The molecule has 1 saturated heterocycles. The maximum absolute atomic E-state index is 13.7. The molecule has 7 heteroatoms. The predicted octanol–water partition coefficient (Wildman–Crippen LogP) is 4.62. The van der Waals surface area contributed by atoms with Crippen LogP contribution in [0.15, 0.2) is 54.7 Å². The smallest absolute Gasteiger partial charge is 0.165 e. The quantitative estimate of drug-likeness (QED) is 0.461. The molecule has 0 aliphatic carbocycles. The standard InChI is InChI=1S/C25H27FN4O2/c1-29-13-18(21-8-7-20(31-2)12-24(21)29)15-30-10-9-17(14-30)23-11-19(27-28-23)16-32-25-6-4-3-5-22(25)26/h3-8,11-13,17H,9-10,14-16H2,1-2H3,(H,27,28)/t17-/m0/s1. The van der Waals surface area contributed by atoms with Crippen LogP contribution in [-0.2, 0) is 20.2 Å². The molecule has 1 atom stereocenters. The highest BCUT2D eigenvalue weighted by atomic mass is 19.1. The molecular formula is C25H27FN4O2. The Bertz CT molecular complexity index is 1230. The zero-order valence-corrected chi connectivity index (χ0v) is 18.3. The number of benzene rings is 2. The van der Waals surface area contributed by atoms with Gasteiger partial charge in [-0.15, -0.1) is 0 Å². The highest BCUT2D eigenvalue weighted by Crippen LogP contribution is 2.31. The van der Waals surface area contributed by atoms with Crippen LogP contribution in [0.1, 0.15) is 29.3 Å². The minimum atomic E-state index is -0.356. The van der Waals surface area contributed by atoms with Crippen molar-refractivity contribution in [2.75, 3.05) is 20.2 Å². The number of nitrogens with zero attached hydrogens (tertiary/aromatic N) is 3. The van der Waals surface area contributed by atoms with Crippen molar-refractivity contribution in [3.63, 3.8) is 0 Å². The Kier molecular flexibility index (Phi) is 5.57. The van der Waals surface area contributed by atoms with Gasteiger partial charge >= 0.3 is 0 Å². The monoisotopic (exact) mass is 434 g/mol. The van der Waals surface area contributed by atoms with Crippen LogP contribution in [0.4, 0.5) is 4.39 Å². The molecule has 1 aliphatic heterocycles. The molecule has 0 saturated carbocycles. The zero-order valence-electron chi connectivity index (χ0n) is 18.3. The minimum absolute atomic E-state index is 0.253. The van der Waals surface area contributed by atoms with Gasteiger partial charge < -0.3 is 14.0 Å². The molecule has 0 amide bonds. The summed E-state index contributed by atoms with van der Waals surface area (Å²) in [6.45, 7) is 3.17. The van der Waals surface area contributed by atoms with Crippen molar-refractivity contribution in [1.29, 1.82) is 0 Å². The van der Waals surface area contributed by atoms with Crippen LogP contribution in [-0.4, -0.2) is 39.9 Å². The van der Waals surface area contributed by atoms with Crippen LogP contribution in [0, 0.1) is 5.82 Å². The molecular weight excluding hydrogens is 407 g/mol. The molecule has 0 spiro atoms. The molecule has 32 heavy (non-hydrogen) atoms. The van der Waals surface area contributed by atoms with E-state index < -0.39 is 0 Å². The minimum Gasteiger partial charge on any atom is -0.497 e. The Hall–Kier alpha value is -3.32. The van der Waals surface area contributed by atoms with Gasteiger partial charge in [0.2, 0.25) is 0 Å². The Labute approximate surface area is 186 Å². The van der Waals surface area contributed by atoms with Gasteiger partial charge in [0.05, 0.1) is 24.0 Å². The fourth-order valence-corrected chi connectivity index (χ4v) is 4.54. The second kappa shape index (κ2) is 8.67. The van der Waals surface area contributed by atoms with Gasteiger partial charge in [0.15, 0.2) is 11.6 Å². The van der Waals surface area contributed by atoms with Crippen molar-refractivity contribution in [2.45, 2.75) is 25.5 Å². The summed E-state index contributed by atoms with van der Waals surface area (Å²) in [5, 5.41) is 8.82. The van der Waals surface area contributed by atoms with E-state index in [0.717, 1.165) is 43.2 Å². The highest BCUT2D eigenvalue weighted by Gasteiger charge is 2.26. The molecule has 3 heterocycles. The number of hydrogen-bond donors (Lipinski definition) is 1. The largest absolute Gasteiger partial charge is 0.497 e. The first kappa shape index (κ1) is 20.6. The number of aromatic nitrogens is 3. The molecule has 5 rings (SSSR count). The molecule has 1 N–H and O–H groups in total. The second-order valence-corrected chi connectivity index (χ2v) is 8.41. The van der Waals surface area contributed by atoms with E-state index in [4.69, 9.17) is 9.47 Å². The van der Waals surface area contributed by atoms with Gasteiger partial charge in [-0.2, -0.15) is 5.10 Å². The van der Waals surface area contributed by atoms with Gasteiger partial charge in [-0.05, 0) is 48.9 Å². The Balaban J connectivity index is 1.22. The van der Waals surface area contributed by atoms with Gasteiger partial charge in [-0.3, -0.25) is 10.00 Å². The van der Waals surface area contributed by atoms with E-state index in [1.54, 1.807) is 25.3 Å². The normalized spacial score (nSPS) is 16.7. The van der Waals surface area contributed by atoms with E-state index in [1.165, 1.54) is 22.5 Å². The third-order valence-electron chi connectivity index (χ3n) is 6.24. The van der Waals surface area contributed by atoms with E-state index in [2.05, 4.69) is 45.0 Å². The van der Waals surface area contributed by atoms with Gasteiger partial charge in [-0.1, -0.05) is 12.1 Å².